The van der Waals surface area contributed by atoms with E-state index in [0.29, 0.717) is 13.0 Å². The Labute approximate surface area is 64.2 Å². The average Bonchev–Trinajstić information content (AvgIpc) is 2.52. The molecule has 0 atom stereocenters. The lowest BCUT2D eigenvalue weighted by Gasteiger charge is -1.97. The summed E-state index contributed by atoms with van der Waals surface area (Å²) in [5.74, 6) is 0.0213. The monoisotopic (exact) mass is 154 g/mol. The van der Waals surface area contributed by atoms with Crippen LogP contribution in [0.2, 0.25) is 0 Å². The zero-order chi connectivity index (χ0) is 8.10. The molecule has 0 aliphatic carbocycles. The molecule has 0 aromatic carbocycles. The molecule has 5 nitrogen and oxygen atoms in total. The fourth-order valence-electron chi connectivity index (χ4n) is 0.625. The van der Waals surface area contributed by atoms with Crippen LogP contribution in [0.5, 0.6) is 0 Å². The lowest BCUT2D eigenvalue weighted by Crippen LogP contribution is -2.21. The highest BCUT2D eigenvalue weighted by molar-refractivity contribution is 5.75. The van der Waals surface area contributed by atoms with Crippen molar-refractivity contribution in [3.8, 4) is 0 Å². The molecule has 2 N–H and O–H groups in total. The normalized spacial score (nSPS) is 9.55. The van der Waals surface area contributed by atoms with Gasteiger partial charge in [-0.3, -0.25) is 4.79 Å². The van der Waals surface area contributed by atoms with Crippen LogP contribution in [0.25, 0.3) is 0 Å². The fourth-order valence-corrected chi connectivity index (χ4v) is 0.625. The van der Waals surface area contributed by atoms with Crippen molar-refractivity contribution in [3.05, 3.63) is 11.9 Å². The number of aromatic nitrogens is 3. The Morgan fingerprint density at radius 2 is 2.64 bits per heavy atom. The van der Waals surface area contributed by atoms with Gasteiger partial charge < -0.3 is 5.32 Å². The highest BCUT2D eigenvalue weighted by Crippen LogP contribution is 1.87. The summed E-state index contributed by atoms with van der Waals surface area (Å²) in [5, 5.41) is 12.5. The van der Waals surface area contributed by atoms with Crippen LogP contribution in [-0.2, 0) is 11.3 Å². The minimum atomic E-state index is 0.0213. The number of aromatic amines is 1. The molecule has 0 radical (unpaired) electrons. The summed E-state index contributed by atoms with van der Waals surface area (Å²) in [7, 11) is 0. The van der Waals surface area contributed by atoms with E-state index in [4.69, 9.17) is 0 Å². The molecule has 0 fully saturated rings. The predicted molar refractivity (Wildman–Crippen MR) is 38.5 cm³/mol. The van der Waals surface area contributed by atoms with Crippen molar-refractivity contribution in [2.45, 2.75) is 19.9 Å². The summed E-state index contributed by atoms with van der Waals surface area (Å²) in [6.45, 7) is 2.25. The molecular weight excluding hydrogens is 144 g/mol. The van der Waals surface area contributed by atoms with E-state index in [1.54, 1.807) is 13.1 Å². The van der Waals surface area contributed by atoms with Crippen LogP contribution >= 0.6 is 0 Å². The van der Waals surface area contributed by atoms with Crippen molar-refractivity contribution in [1.82, 2.24) is 20.7 Å². The van der Waals surface area contributed by atoms with E-state index in [0.717, 1.165) is 5.69 Å². The largest absolute Gasteiger partial charge is 0.350 e. The van der Waals surface area contributed by atoms with Crippen LogP contribution in [0.15, 0.2) is 6.20 Å². The van der Waals surface area contributed by atoms with E-state index in [1.807, 2.05) is 0 Å². The van der Waals surface area contributed by atoms with Crippen molar-refractivity contribution < 1.29 is 4.79 Å². The second-order valence-corrected chi connectivity index (χ2v) is 2.09. The first kappa shape index (κ1) is 7.71. The molecule has 0 saturated carbocycles. The molecule has 0 aliphatic heterocycles. The van der Waals surface area contributed by atoms with Crippen LogP contribution in [-0.4, -0.2) is 21.3 Å². The molecular formula is C6H10N4O. The summed E-state index contributed by atoms with van der Waals surface area (Å²) < 4.78 is 0. The molecule has 0 spiro atoms. The van der Waals surface area contributed by atoms with Crippen molar-refractivity contribution in [2.75, 3.05) is 0 Å². The van der Waals surface area contributed by atoms with E-state index in [2.05, 4.69) is 20.7 Å². The number of carbonyl (C=O) groups excluding carboxylic acids is 1. The zero-order valence-electron chi connectivity index (χ0n) is 6.29. The van der Waals surface area contributed by atoms with E-state index in [-0.39, 0.29) is 5.91 Å². The van der Waals surface area contributed by atoms with Gasteiger partial charge in [-0.15, -0.1) is 0 Å². The summed E-state index contributed by atoms with van der Waals surface area (Å²) in [4.78, 5) is 10.7. The Morgan fingerprint density at radius 1 is 1.82 bits per heavy atom. The first-order chi connectivity index (χ1) is 5.33. The number of rotatable bonds is 3. The Kier molecular flexibility index (Phi) is 2.59. The third-order valence-electron chi connectivity index (χ3n) is 1.25. The summed E-state index contributed by atoms with van der Waals surface area (Å²) in [5.41, 5.74) is 0.742. The summed E-state index contributed by atoms with van der Waals surface area (Å²) in [6, 6.07) is 0. The first-order valence-corrected chi connectivity index (χ1v) is 3.44. The van der Waals surface area contributed by atoms with Gasteiger partial charge in [0.1, 0.15) is 5.69 Å². The molecule has 0 saturated heterocycles. The van der Waals surface area contributed by atoms with E-state index >= 15 is 0 Å². The van der Waals surface area contributed by atoms with Gasteiger partial charge in [0.05, 0.1) is 12.7 Å². The van der Waals surface area contributed by atoms with Gasteiger partial charge in [-0.05, 0) is 0 Å². The Morgan fingerprint density at radius 3 is 3.18 bits per heavy atom. The Bertz CT molecular complexity index is 218. The minimum Gasteiger partial charge on any atom is -0.350 e. The maximum absolute atomic E-state index is 10.7. The predicted octanol–water partition coefficient (Wildman–Crippen LogP) is -0.169. The molecule has 1 amide bonds. The molecule has 60 valence electrons. The number of hydrogen-bond donors (Lipinski definition) is 2. The van der Waals surface area contributed by atoms with Crippen LogP contribution in [0.4, 0.5) is 0 Å². The fraction of sp³-hybridized carbons (Fsp3) is 0.500. The quantitative estimate of drug-likeness (QED) is 0.635. The lowest BCUT2D eigenvalue weighted by molar-refractivity contribution is -0.120. The highest BCUT2D eigenvalue weighted by atomic mass is 16.1. The second kappa shape index (κ2) is 3.70. The van der Waals surface area contributed by atoms with Crippen molar-refractivity contribution in [3.63, 3.8) is 0 Å². The molecule has 1 rings (SSSR count). The molecule has 0 aliphatic rings. The number of hydrogen-bond acceptors (Lipinski definition) is 3. The van der Waals surface area contributed by atoms with Crippen LogP contribution in [0.3, 0.4) is 0 Å². The number of amides is 1. The van der Waals surface area contributed by atoms with E-state index in [9.17, 15) is 4.79 Å². The SMILES string of the molecule is CCC(=O)NCc1cn[nH]n1. The number of carbonyl (C=O) groups is 1. The van der Waals surface area contributed by atoms with Gasteiger partial charge >= 0.3 is 0 Å². The van der Waals surface area contributed by atoms with Crippen molar-refractivity contribution in [2.24, 2.45) is 0 Å². The maximum Gasteiger partial charge on any atom is 0.220 e. The molecule has 5 heteroatoms. The van der Waals surface area contributed by atoms with Gasteiger partial charge in [0, 0.05) is 6.42 Å². The van der Waals surface area contributed by atoms with E-state index < -0.39 is 0 Å². The van der Waals surface area contributed by atoms with Gasteiger partial charge in [0.25, 0.3) is 0 Å². The Balaban J connectivity index is 2.29. The molecule has 1 heterocycles. The van der Waals surface area contributed by atoms with Crippen LogP contribution < -0.4 is 5.32 Å². The van der Waals surface area contributed by atoms with Crippen molar-refractivity contribution >= 4 is 5.91 Å². The third-order valence-corrected chi connectivity index (χ3v) is 1.25. The number of nitrogens with one attached hydrogen (secondary N) is 2. The van der Waals surface area contributed by atoms with Crippen molar-refractivity contribution in [1.29, 1.82) is 0 Å². The van der Waals surface area contributed by atoms with Gasteiger partial charge in [-0.1, -0.05) is 6.92 Å². The van der Waals surface area contributed by atoms with Crippen LogP contribution in [0.1, 0.15) is 19.0 Å². The topological polar surface area (TPSA) is 70.7 Å². The van der Waals surface area contributed by atoms with E-state index in [1.165, 1.54) is 0 Å². The molecule has 11 heavy (non-hydrogen) atoms. The van der Waals surface area contributed by atoms with Gasteiger partial charge in [-0.2, -0.15) is 15.4 Å². The van der Waals surface area contributed by atoms with Gasteiger partial charge in [-0.25, -0.2) is 0 Å². The smallest absolute Gasteiger partial charge is 0.220 e. The first-order valence-electron chi connectivity index (χ1n) is 3.44. The average molecular weight is 154 g/mol. The number of H-pyrrole nitrogens is 1. The number of nitrogens with zero attached hydrogens (tertiary/aromatic N) is 2. The molecule has 1 aromatic rings. The minimum absolute atomic E-state index is 0.0213. The van der Waals surface area contributed by atoms with Crippen LogP contribution in [0, 0.1) is 0 Å². The third kappa shape index (κ3) is 2.37. The summed E-state index contributed by atoms with van der Waals surface area (Å²) in [6.07, 6.45) is 2.08. The second-order valence-electron chi connectivity index (χ2n) is 2.09. The standard InChI is InChI=1S/C6H10N4O/c1-2-6(11)7-3-5-4-8-10-9-5/h4H,2-3H2,1H3,(H,7,11)(H,8,9,10). The lowest BCUT2D eigenvalue weighted by atomic mass is 10.4. The molecule has 0 unspecified atom stereocenters. The molecule has 0 bridgehead atoms. The zero-order valence-corrected chi connectivity index (χ0v) is 6.29. The van der Waals surface area contributed by atoms with Gasteiger partial charge in [0.15, 0.2) is 0 Å². The Hall–Kier alpha value is -1.39. The highest BCUT2D eigenvalue weighted by Gasteiger charge is 1.98. The maximum atomic E-state index is 10.7. The van der Waals surface area contributed by atoms with Gasteiger partial charge in [0.2, 0.25) is 5.91 Å². The summed E-state index contributed by atoms with van der Waals surface area (Å²) >= 11 is 0. The molecule has 1 aromatic heterocycles.